The van der Waals surface area contributed by atoms with Gasteiger partial charge in [-0.2, -0.15) is 0 Å². The fraction of sp³-hybridized carbons (Fsp3) is 0.667. The summed E-state index contributed by atoms with van der Waals surface area (Å²) in [5, 5.41) is 8.69. The summed E-state index contributed by atoms with van der Waals surface area (Å²) >= 11 is 0. The van der Waals surface area contributed by atoms with E-state index < -0.39 is 0 Å². The molecule has 1 aromatic heterocycles. The molecule has 0 spiro atoms. The van der Waals surface area contributed by atoms with Crippen molar-refractivity contribution in [2.24, 2.45) is 0 Å². The number of nitrogens with zero attached hydrogens (tertiary/aromatic N) is 3. The number of hydrogen-bond donors (Lipinski definition) is 1. The van der Waals surface area contributed by atoms with E-state index in [1.54, 1.807) is 12.4 Å². The molecule has 1 aliphatic heterocycles. The highest BCUT2D eigenvalue weighted by Gasteiger charge is 2.19. The van der Waals surface area contributed by atoms with Crippen LogP contribution in [0.25, 0.3) is 0 Å². The number of piperidine rings is 1. The van der Waals surface area contributed by atoms with E-state index in [2.05, 4.69) is 14.9 Å². The normalized spacial score (nSPS) is 18.4. The van der Waals surface area contributed by atoms with Crippen LogP contribution in [0.2, 0.25) is 0 Å². The molecule has 1 aliphatic rings. The van der Waals surface area contributed by atoms with E-state index in [0.717, 1.165) is 38.3 Å². The molecule has 94 valence electrons. The molecule has 5 heteroatoms. The Labute approximate surface area is 101 Å². The predicted molar refractivity (Wildman–Crippen MR) is 63.4 cm³/mol. The Morgan fingerprint density at radius 1 is 1.29 bits per heavy atom. The van der Waals surface area contributed by atoms with Crippen molar-refractivity contribution in [1.82, 2.24) is 14.9 Å². The van der Waals surface area contributed by atoms with E-state index in [1.807, 2.05) is 6.07 Å². The van der Waals surface area contributed by atoms with Crippen LogP contribution >= 0.6 is 0 Å². The van der Waals surface area contributed by atoms with Crippen LogP contribution in [0.15, 0.2) is 18.5 Å². The molecule has 0 amide bonds. The summed E-state index contributed by atoms with van der Waals surface area (Å²) in [6, 6.07) is 1.83. The van der Waals surface area contributed by atoms with Gasteiger partial charge in [-0.15, -0.1) is 0 Å². The summed E-state index contributed by atoms with van der Waals surface area (Å²) in [6.07, 6.45) is 5.90. The van der Waals surface area contributed by atoms with Gasteiger partial charge in [-0.25, -0.2) is 9.97 Å². The lowest BCUT2D eigenvalue weighted by molar-refractivity contribution is -0.00938. The molecule has 0 saturated carbocycles. The zero-order valence-electron chi connectivity index (χ0n) is 9.96. The number of likely N-dealkylation sites (tertiary alicyclic amines) is 1. The van der Waals surface area contributed by atoms with Crippen LogP contribution in [-0.2, 0) is 11.3 Å². The lowest BCUT2D eigenvalue weighted by Gasteiger charge is -2.31. The Morgan fingerprint density at radius 2 is 2.00 bits per heavy atom. The standard InChI is InChI=1S/C12H19N3O2/c16-8-9-17-11-2-6-15(7-3-11)10-12-13-4-1-5-14-12/h1,4-5,11,16H,2-3,6-10H2. The molecule has 2 heterocycles. The van der Waals surface area contributed by atoms with Crippen molar-refractivity contribution < 1.29 is 9.84 Å². The lowest BCUT2D eigenvalue weighted by atomic mass is 10.1. The summed E-state index contributed by atoms with van der Waals surface area (Å²) in [5.41, 5.74) is 0. The van der Waals surface area contributed by atoms with Gasteiger partial charge in [0.1, 0.15) is 5.82 Å². The summed E-state index contributed by atoms with van der Waals surface area (Å²) in [7, 11) is 0. The highest BCUT2D eigenvalue weighted by Crippen LogP contribution is 2.14. The molecule has 0 aromatic carbocycles. The van der Waals surface area contributed by atoms with Crippen molar-refractivity contribution in [3.63, 3.8) is 0 Å². The van der Waals surface area contributed by atoms with Crippen molar-refractivity contribution >= 4 is 0 Å². The zero-order valence-corrected chi connectivity index (χ0v) is 9.96. The maximum atomic E-state index is 8.69. The monoisotopic (exact) mass is 237 g/mol. The average Bonchev–Trinajstić information content (AvgIpc) is 2.39. The molecule has 1 fully saturated rings. The van der Waals surface area contributed by atoms with Gasteiger partial charge in [0.05, 0.1) is 25.9 Å². The molecule has 2 rings (SSSR count). The van der Waals surface area contributed by atoms with Crippen LogP contribution in [0.1, 0.15) is 18.7 Å². The quantitative estimate of drug-likeness (QED) is 0.805. The number of aliphatic hydroxyl groups is 1. The van der Waals surface area contributed by atoms with Crippen molar-refractivity contribution in [1.29, 1.82) is 0 Å². The van der Waals surface area contributed by atoms with E-state index in [-0.39, 0.29) is 6.61 Å². The van der Waals surface area contributed by atoms with Crippen molar-refractivity contribution in [3.8, 4) is 0 Å². The topological polar surface area (TPSA) is 58.5 Å². The molecule has 1 saturated heterocycles. The second kappa shape index (κ2) is 6.64. The first-order valence-corrected chi connectivity index (χ1v) is 6.09. The Balaban J connectivity index is 1.72. The highest BCUT2D eigenvalue weighted by atomic mass is 16.5. The summed E-state index contributed by atoms with van der Waals surface area (Å²) in [4.78, 5) is 10.8. The molecule has 5 nitrogen and oxygen atoms in total. The number of aromatic nitrogens is 2. The minimum Gasteiger partial charge on any atom is -0.394 e. The summed E-state index contributed by atoms with van der Waals surface area (Å²) < 4.78 is 5.52. The van der Waals surface area contributed by atoms with Gasteiger partial charge in [0, 0.05) is 25.5 Å². The van der Waals surface area contributed by atoms with Crippen molar-refractivity contribution in [2.75, 3.05) is 26.3 Å². The smallest absolute Gasteiger partial charge is 0.142 e. The van der Waals surface area contributed by atoms with Gasteiger partial charge in [0.2, 0.25) is 0 Å². The third-order valence-corrected chi connectivity index (χ3v) is 2.96. The SMILES string of the molecule is OCCOC1CCN(Cc2ncccn2)CC1. The average molecular weight is 237 g/mol. The molecule has 0 atom stereocenters. The first kappa shape index (κ1) is 12.4. The third kappa shape index (κ3) is 4.03. The maximum Gasteiger partial charge on any atom is 0.142 e. The van der Waals surface area contributed by atoms with Gasteiger partial charge < -0.3 is 9.84 Å². The third-order valence-electron chi connectivity index (χ3n) is 2.96. The number of aliphatic hydroxyl groups excluding tert-OH is 1. The van der Waals surface area contributed by atoms with E-state index in [0.29, 0.717) is 12.7 Å². The van der Waals surface area contributed by atoms with Gasteiger partial charge in [0.15, 0.2) is 0 Å². The van der Waals surface area contributed by atoms with Gasteiger partial charge in [-0.05, 0) is 18.9 Å². The predicted octanol–water partition coefficient (Wildman–Crippen LogP) is 0.450. The van der Waals surface area contributed by atoms with Crippen LogP contribution in [0, 0.1) is 0 Å². The van der Waals surface area contributed by atoms with Crippen molar-refractivity contribution in [2.45, 2.75) is 25.5 Å². The van der Waals surface area contributed by atoms with Crippen molar-refractivity contribution in [3.05, 3.63) is 24.3 Å². The highest BCUT2D eigenvalue weighted by molar-refractivity contribution is 4.89. The van der Waals surface area contributed by atoms with Crippen LogP contribution < -0.4 is 0 Å². The molecule has 17 heavy (non-hydrogen) atoms. The second-order valence-electron chi connectivity index (χ2n) is 4.23. The molecule has 0 unspecified atom stereocenters. The lowest BCUT2D eigenvalue weighted by Crippen LogP contribution is -2.37. The largest absolute Gasteiger partial charge is 0.394 e. The molecule has 0 bridgehead atoms. The molecule has 1 N–H and O–H groups in total. The Kier molecular flexibility index (Phi) is 4.85. The number of hydrogen-bond acceptors (Lipinski definition) is 5. The number of rotatable bonds is 5. The summed E-state index contributed by atoms with van der Waals surface area (Å²) in [6.45, 7) is 3.39. The first-order valence-electron chi connectivity index (χ1n) is 6.09. The van der Waals surface area contributed by atoms with Gasteiger partial charge in [0.25, 0.3) is 0 Å². The van der Waals surface area contributed by atoms with E-state index in [1.165, 1.54) is 0 Å². The van der Waals surface area contributed by atoms with Gasteiger partial charge in [-0.3, -0.25) is 4.90 Å². The zero-order chi connectivity index (χ0) is 11.9. The van der Waals surface area contributed by atoms with Crippen LogP contribution in [0.4, 0.5) is 0 Å². The Morgan fingerprint density at radius 3 is 2.65 bits per heavy atom. The first-order chi connectivity index (χ1) is 8.38. The molecule has 0 radical (unpaired) electrons. The molecular formula is C12H19N3O2. The number of ether oxygens (including phenoxy) is 1. The maximum absolute atomic E-state index is 8.69. The Bertz CT molecular complexity index is 313. The summed E-state index contributed by atoms with van der Waals surface area (Å²) in [5.74, 6) is 0.877. The van der Waals surface area contributed by atoms with Crippen LogP contribution in [0.5, 0.6) is 0 Å². The van der Waals surface area contributed by atoms with Crippen LogP contribution in [0.3, 0.4) is 0 Å². The molecular weight excluding hydrogens is 218 g/mol. The van der Waals surface area contributed by atoms with Gasteiger partial charge >= 0.3 is 0 Å². The van der Waals surface area contributed by atoms with Crippen LogP contribution in [-0.4, -0.2) is 52.4 Å². The van der Waals surface area contributed by atoms with E-state index >= 15 is 0 Å². The fourth-order valence-electron chi connectivity index (χ4n) is 2.07. The fourth-order valence-corrected chi connectivity index (χ4v) is 2.07. The minimum absolute atomic E-state index is 0.109. The molecule has 1 aromatic rings. The Hall–Kier alpha value is -1.04. The second-order valence-corrected chi connectivity index (χ2v) is 4.23. The van der Waals surface area contributed by atoms with Gasteiger partial charge in [-0.1, -0.05) is 0 Å². The minimum atomic E-state index is 0.109. The van der Waals surface area contributed by atoms with E-state index in [4.69, 9.17) is 9.84 Å². The molecule has 0 aliphatic carbocycles. The van der Waals surface area contributed by atoms with E-state index in [9.17, 15) is 0 Å².